The van der Waals surface area contributed by atoms with Crippen molar-refractivity contribution in [1.29, 1.82) is 0 Å². The Labute approximate surface area is 102 Å². The smallest absolute Gasteiger partial charge is 0.426 e. The Morgan fingerprint density at radius 2 is 2.18 bits per heavy atom. The van der Waals surface area contributed by atoms with Crippen LogP contribution in [0, 0.1) is 0 Å². The van der Waals surface area contributed by atoms with Crippen LogP contribution in [0.5, 0.6) is 0 Å². The van der Waals surface area contributed by atoms with Gasteiger partial charge in [0, 0.05) is 6.54 Å². The van der Waals surface area contributed by atoms with E-state index in [1.807, 2.05) is 0 Å². The van der Waals surface area contributed by atoms with E-state index in [1.54, 1.807) is 0 Å². The monoisotopic (exact) mass is 243 g/mol. The molecule has 0 aromatic rings. The molecule has 1 aliphatic heterocycles. The predicted octanol–water partition coefficient (Wildman–Crippen LogP) is -1.55. The van der Waals surface area contributed by atoms with Crippen LogP contribution in [-0.2, 0) is 4.79 Å². The van der Waals surface area contributed by atoms with Crippen LogP contribution in [0.1, 0.15) is 32.1 Å². The molecule has 0 aromatic heterocycles. The standard InChI is InChI=1S/C10H22BN3O3/c12-6-2-1-4-8(13)10(15)14-7-3-5-9(14)11(16)17/h8-9,16-17H,1-7,12-13H2/t8-,9-/m0/s1. The fourth-order valence-electron chi connectivity index (χ4n) is 2.22. The van der Waals surface area contributed by atoms with E-state index in [2.05, 4.69) is 0 Å². The molecule has 0 radical (unpaired) electrons. The maximum Gasteiger partial charge on any atom is 0.475 e. The number of nitrogens with two attached hydrogens (primary N) is 2. The van der Waals surface area contributed by atoms with Gasteiger partial charge < -0.3 is 26.4 Å². The van der Waals surface area contributed by atoms with Crippen molar-refractivity contribution in [3.8, 4) is 0 Å². The van der Waals surface area contributed by atoms with Gasteiger partial charge in [0.2, 0.25) is 5.91 Å². The van der Waals surface area contributed by atoms with Gasteiger partial charge >= 0.3 is 7.12 Å². The second-order valence-corrected chi connectivity index (χ2v) is 4.55. The number of hydrogen-bond donors (Lipinski definition) is 4. The van der Waals surface area contributed by atoms with E-state index in [-0.39, 0.29) is 5.91 Å². The number of amides is 1. The minimum Gasteiger partial charge on any atom is -0.426 e. The number of likely N-dealkylation sites (tertiary alicyclic amines) is 1. The summed E-state index contributed by atoms with van der Waals surface area (Å²) in [6.07, 6.45) is 3.69. The van der Waals surface area contributed by atoms with Crippen LogP contribution in [0.2, 0.25) is 0 Å². The summed E-state index contributed by atoms with van der Waals surface area (Å²) in [4.78, 5) is 13.5. The zero-order valence-corrected chi connectivity index (χ0v) is 10.1. The maximum absolute atomic E-state index is 12.0. The van der Waals surface area contributed by atoms with E-state index in [0.717, 1.165) is 19.3 Å². The summed E-state index contributed by atoms with van der Waals surface area (Å²) in [6.45, 7) is 1.16. The summed E-state index contributed by atoms with van der Waals surface area (Å²) in [6, 6.07) is -0.555. The lowest BCUT2D eigenvalue weighted by Gasteiger charge is -2.26. The molecular formula is C10H22BN3O3. The van der Waals surface area contributed by atoms with Gasteiger partial charge in [0.25, 0.3) is 0 Å². The zero-order chi connectivity index (χ0) is 12.8. The molecule has 1 rings (SSSR count). The van der Waals surface area contributed by atoms with E-state index < -0.39 is 19.1 Å². The largest absolute Gasteiger partial charge is 0.475 e. The first-order valence-corrected chi connectivity index (χ1v) is 6.20. The van der Waals surface area contributed by atoms with Crippen molar-refractivity contribution in [2.24, 2.45) is 11.5 Å². The molecule has 0 unspecified atom stereocenters. The Hall–Kier alpha value is -0.625. The van der Waals surface area contributed by atoms with E-state index in [0.29, 0.717) is 25.9 Å². The summed E-state index contributed by atoms with van der Waals surface area (Å²) >= 11 is 0. The molecule has 1 amide bonds. The Morgan fingerprint density at radius 1 is 1.47 bits per heavy atom. The second kappa shape index (κ2) is 6.95. The van der Waals surface area contributed by atoms with Crippen molar-refractivity contribution in [1.82, 2.24) is 4.90 Å². The van der Waals surface area contributed by atoms with Crippen LogP contribution in [0.3, 0.4) is 0 Å². The molecule has 1 saturated heterocycles. The molecule has 0 aliphatic carbocycles. The topological polar surface area (TPSA) is 113 Å². The fourth-order valence-corrected chi connectivity index (χ4v) is 2.22. The Morgan fingerprint density at radius 3 is 2.76 bits per heavy atom. The first kappa shape index (κ1) is 14.4. The molecule has 6 nitrogen and oxygen atoms in total. The van der Waals surface area contributed by atoms with Crippen LogP contribution in [0.4, 0.5) is 0 Å². The summed E-state index contributed by atoms with van der Waals surface area (Å²) < 4.78 is 0. The summed E-state index contributed by atoms with van der Waals surface area (Å²) in [5.74, 6) is -0.680. The normalized spacial score (nSPS) is 21.6. The molecule has 7 heteroatoms. The van der Waals surface area contributed by atoms with Gasteiger partial charge in [-0.2, -0.15) is 0 Å². The lowest BCUT2D eigenvalue weighted by molar-refractivity contribution is -0.132. The van der Waals surface area contributed by atoms with Gasteiger partial charge in [0.05, 0.1) is 12.0 Å². The lowest BCUT2D eigenvalue weighted by Crippen LogP contribution is -2.51. The van der Waals surface area contributed by atoms with Crippen LogP contribution in [-0.4, -0.2) is 53.0 Å². The molecule has 1 aliphatic rings. The highest BCUT2D eigenvalue weighted by Crippen LogP contribution is 2.19. The highest BCUT2D eigenvalue weighted by atomic mass is 16.4. The lowest BCUT2D eigenvalue weighted by atomic mass is 9.77. The number of nitrogens with zero attached hydrogens (tertiary/aromatic N) is 1. The average molecular weight is 243 g/mol. The summed E-state index contributed by atoms with van der Waals surface area (Å²) in [5, 5.41) is 18.3. The van der Waals surface area contributed by atoms with Crippen LogP contribution in [0.15, 0.2) is 0 Å². The molecule has 6 N–H and O–H groups in total. The number of hydrogen-bond acceptors (Lipinski definition) is 5. The highest BCUT2D eigenvalue weighted by Gasteiger charge is 2.38. The van der Waals surface area contributed by atoms with Crippen molar-refractivity contribution in [3.05, 3.63) is 0 Å². The summed E-state index contributed by atoms with van der Waals surface area (Å²) in [5.41, 5.74) is 11.2. The number of unbranched alkanes of at least 4 members (excludes halogenated alkanes) is 1. The zero-order valence-electron chi connectivity index (χ0n) is 10.1. The molecule has 0 saturated carbocycles. The second-order valence-electron chi connectivity index (χ2n) is 4.55. The SMILES string of the molecule is NCCCC[C@H](N)C(=O)N1CCC[C@H]1B(O)O. The van der Waals surface area contributed by atoms with Gasteiger partial charge in [-0.15, -0.1) is 0 Å². The predicted molar refractivity (Wildman–Crippen MR) is 65.8 cm³/mol. The van der Waals surface area contributed by atoms with Crippen LogP contribution in [0.25, 0.3) is 0 Å². The third kappa shape index (κ3) is 3.95. The van der Waals surface area contributed by atoms with Gasteiger partial charge in [-0.25, -0.2) is 0 Å². The Kier molecular flexibility index (Phi) is 5.90. The number of carbonyl (C=O) groups excluding carboxylic acids is 1. The van der Waals surface area contributed by atoms with Gasteiger partial charge in [-0.1, -0.05) is 6.42 Å². The first-order valence-electron chi connectivity index (χ1n) is 6.20. The Bertz CT molecular complexity index is 253. The van der Waals surface area contributed by atoms with Gasteiger partial charge in [0.15, 0.2) is 0 Å². The number of carbonyl (C=O) groups is 1. The third-order valence-corrected chi connectivity index (χ3v) is 3.21. The first-order chi connectivity index (χ1) is 8.07. The van der Waals surface area contributed by atoms with E-state index in [9.17, 15) is 14.8 Å². The van der Waals surface area contributed by atoms with Crippen molar-refractivity contribution >= 4 is 13.0 Å². The molecular weight excluding hydrogens is 221 g/mol. The van der Waals surface area contributed by atoms with Gasteiger partial charge in [-0.3, -0.25) is 4.79 Å². The molecule has 0 bridgehead atoms. The number of rotatable bonds is 6. The molecule has 98 valence electrons. The maximum atomic E-state index is 12.0. The fraction of sp³-hybridized carbons (Fsp3) is 0.900. The molecule has 2 atom stereocenters. The average Bonchev–Trinajstić information content (AvgIpc) is 2.77. The Balaban J connectivity index is 2.45. The van der Waals surface area contributed by atoms with Crippen molar-refractivity contribution in [2.75, 3.05) is 13.1 Å². The van der Waals surface area contributed by atoms with Gasteiger partial charge in [-0.05, 0) is 32.2 Å². The minimum absolute atomic E-state index is 0.183. The van der Waals surface area contributed by atoms with Crippen LogP contribution >= 0.6 is 0 Å². The molecule has 0 spiro atoms. The van der Waals surface area contributed by atoms with Crippen LogP contribution < -0.4 is 11.5 Å². The summed E-state index contributed by atoms with van der Waals surface area (Å²) in [7, 11) is -1.47. The van der Waals surface area contributed by atoms with E-state index >= 15 is 0 Å². The van der Waals surface area contributed by atoms with Gasteiger partial charge in [0.1, 0.15) is 0 Å². The molecule has 17 heavy (non-hydrogen) atoms. The third-order valence-electron chi connectivity index (χ3n) is 3.21. The quantitative estimate of drug-likeness (QED) is 0.333. The van der Waals surface area contributed by atoms with E-state index in [4.69, 9.17) is 11.5 Å². The van der Waals surface area contributed by atoms with Crippen molar-refractivity contribution < 1.29 is 14.8 Å². The van der Waals surface area contributed by atoms with Crippen molar-refractivity contribution in [3.63, 3.8) is 0 Å². The molecule has 1 heterocycles. The molecule has 0 aromatic carbocycles. The van der Waals surface area contributed by atoms with E-state index in [1.165, 1.54) is 4.90 Å². The minimum atomic E-state index is -1.47. The molecule has 1 fully saturated rings. The highest BCUT2D eigenvalue weighted by molar-refractivity contribution is 6.43. The van der Waals surface area contributed by atoms with Crippen molar-refractivity contribution in [2.45, 2.75) is 44.1 Å².